The van der Waals surface area contributed by atoms with Crippen molar-refractivity contribution in [1.82, 2.24) is 10.6 Å². The number of hydrogen-bond donors (Lipinski definition) is 2. The molecular weight excluding hydrogens is 320 g/mol. The van der Waals surface area contributed by atoms with E-state index < -0.39 is 0 Å². The van der Waals surface area contributed by atoms with E-state index in [0.717, 1.165) is 0 Å². The number of halogens is 2. The molecule has 0 aliphatic heterocycles. The molecule has 18 heavy (non-hydrogen) atoms. The Morgan fingerprint density at radius 3 is 2.33 bits per heavy atom. The van der Waals surface area contributed by atoms with Crippen LogP contribution < -0.4 is 10.6 Å². The summed E-state index contributed by atoms with van der Waals surface area (Å²) in [5.41, 5.74) is 0.456. The predicted molar refractivity (Wildman–Crippen MR) is 74.9 cm³/mol. The molecule has 0 heterocycles. The molecule has 0 bridgehead atoms. The summed E-state index contributed by atoms with van der Waals surface area (Å²) >= 11 is 8.82. The fraction of sp³-hybridized carbons (Fsp3) is 0.167. The van der Waals surface area contributed by atoms with Crippen molar-refractivity contribution in [3.63, 3.8) is 0 Å². The van der Waals surface area contributed by atoms with E-state index in [9.17, 15) is 9.59 Å². The molecule has 0 saturated carbocycles. The number of benzene rings is 1. The van der Waals surface area contributed by atoms with Gasteiger partial charge in [0.15, 0.2) is 0 Å². The highest BCUT2D eigenvalue weighted by Gasteiger charge is 2.07. The number of carbonyl (C=O) groups is 2. The van der Waals surface area contributed by atoms with Gasteiger partial charge in [0.1, 0.15) is 0 Å². The Balaban J connectivity index is 2.39. The van der Waals surface area contributed by atoms with Crippen LogP contribution in [0.1, 0.15) is 10.4 Å². The van der Waals surface area contributed by atoms with Crippen molar-refractivity contribution >= 4 is 39.3 Å². The molecular formula is C12H12BrClN2O2. The third kappa shape index (κ3) is 5.33. The Bertz CT molecular complexity index is 460. The van der Waals surface area contributed by atoms with E-state index in [1.165, 1.54) is 0 Å². The lowest BCUT2D eigenvalue weighted by Gasteiger charge is -2.06. The molecule has 1 aromatic rings. The van der Waals surface area contributed by atoms with Crippen LogP contribution in [0.2, 0.25) is 5.02 Å². The largest absolute Gasteiger partial charge is 0.350 e. The lowest BCUT2D eigenvalue weighted by atomic mass is 10.2. The lowest BCUT2D eigenvalue weighted by molar-refractivity contribution is -0.119. The van der Waals surface area contributed by atoms with Crippen LogP contribution in [-0.2, 0) is 4.79 Å². The zero-order valence-electron chi connectivity index (χ0n) is 9.50. The van der Waals surface area contributed by atoms with Crippen LogP contribution in [0.15, 0.2) is 35.3 Å². The summed E-state index contributed by atoms with van der Waals surface area (Å²) < 4.78 is 0.667. The molecule has 2 amide bonds. The molecule has 0 radical (unpaired) electrons. The minimum absolute atomic E-state index is 0.0816. The standard InChI is InChI=1S/C12H12BrClN2O2/c1-8(13)6-15-11(17)7-16-12(18)9-2-4-10(14)5-3-9/h2-5H,1,6-7H2,(H,15,17)(H,16,18). The van der Waals surface area contributed by atoms with Gasteiger partial charge in [-0.15, -0.1) is 0 Å². The maximum absolute atomic E-state index is 11.6. The first-order chi connectivity index (χ1) is 8.49. The van der Waals surface area contributed by atoms with Crippen molar-refractivity contribution in [2.45, 2.75) is 0 Å². The molecule has 0 atom stereocenters. The van der Waals surface area contributed by atoms with Crippen LogP contribution in [0.3, 0.4) is 0 Å². The van der Waals surface area contributed by atoms with E-state index >= 15 is 0 Å². The number of hydrogen-bond acceptors (Lipinski definition) is 2. The predicted octanol–water partition coefficient (Wildman–Crippen LogP) is 2.09. The van der Waals surface area contributed by atoms with E-state index in [1.807, 2.05) is 0 Å². The third-order valence-electron chi connectivity index (χ3n) is 1.99. The second-order valence-corrected chi connectivity index (χ2v) is 5.04. The summed E-state index contributed by atoms with van der Waals surface area (Å²) in [5, 5.41) is 5.64. The maximum Gasteiger partial charge on any atom is 0.251 e. The molecule has 2 N–H and O–H groups in total. The first-order valence-electron chi connectivity index (χ1n) is 5.13. The van der Waals surface area contributed by atoms with Crippen LogP contribution in [-0.4, -0.2) is 24.9 Å². The van der Waals surface area contributed by atoms with Gasteiger partial charge in [-0.05, 0) is 24.3 Å². The Kier molecular flexibility index (Phi) is 5.88. The van der Waals surface area contributed by atoms with Gasteiger partial charge in [-0.3, -0.25) is 9.59 Å². The quantitative estimate of drug-likeness (QED) is 0.868. The molecule has 1 aromatic carbocycles. The molecule has 6 heteroatoms. The van der Waals surface area contributed by atoms with Gasteiger partial charge in [0.25, 0.3) is 5.91 Å². The first-order valence-corrected chi connectivity index (χ1v) is 6.30. The van der Waals surface area contributed by atoms with Crippen molar-refractivity contribution in [1.29, 1.82) is 0 Å². The van der Waals surface area contributed by atoms with E-state index in [1.54, 1.807) is 24.3 Å². The average molecular weight is 332 g/mol. The highest BCUT2D eigenvalue weighted by Crippen LogP contribution is 2.09. The van der Waals surface area contributed by atoms with Crippen LogP contribution >= 0.6 is 27.5 Å². The van der Waals surface area contributed by atoms with Crippen LogP contribution in [0.5, 0.6) is 0 Å². The summed E-state index contributed by atoms with van der Waals surface area (Å²) in [7, 11) is 0. The molecule has 0 unspecified atom stereocenters. The zero-order chi connectivity index (χ0) is 13.5. The van der Waals surface area contributed by atoms with Gasteiger partial charge in [0.2, 0.25) is 5.91 Å². The molecule has 0 aromatic heterocycles. The first kappa shape index (κ1) is 14.7. The summed E-state index contributed by atoms with van der Waals surface area (Å²) in [4.78, 5) is 23.0. The van der Waals surface area contributed by atoms with E-state index in [4.69, 9.17) is 11.6 Å². The smallest absolute Gasteiger partial charge is 0.251 e. The summed E-state index contributed by atoms with van der Waals surface area (Å²) in [6, 6.07) is 6.42. The highest BCUT2D eigenvalue weighted by atomic mass is 79.9. The Hall–Kier alpha value is -1.33. The van der Waals surface area contributed by atoms with Gasteiger partial charge in [-0.2, -0.15) is 0 Å². The molecule has 1 rings (SSSR count). The maximum atomic E-state index is 11.6. The Morgan fingerprint density at radius 2 is 1.78 bits per heavy atom. The molecule has 0 saturated heterocycles. The molecule has 0 spiro atoms. The van der Waals surface area contributed by atoms with Gasteiger partial charge in [-0.25, -0.2) is 0 Å². The van der Waals surface area contributed by atoms with E-state index in [0.29, 0.717) is 21.6 Å². The molecule has 96 valence electrons. The second kappa shape index (κ2) is 7.18. The van der Waals surface area contributed by atoms with Crippen LogP contribution in [0.4, 0.5) is 0 Å². The van der Waals surface area contributed by atoms with Crippen molar-refractivity contribution in [3.8, 4) is 0 Å². The SMILES string of the molecule is C=C(Br)CNC(=O)CNC(=O)c1ccc(Cl)cc1. The zero-order valence-corrected chi connectivity index (χ0v) is 11.8. The van der Waals surface area contributed by atoms with Crippen LogP contribution in [0.25, 0.3) is 0 Å². The summed E-state index contributed by atoms with van der Waals surface area (Å²) in [6.45, 7) is 3.83. The van der Waals surface area contributed by atoms with Crippen molar-refractivity contribution in [3.05, 3.63) is 45.9 Å². The lowest BCUT2D eigenvalue weighted by Crippen LogP contribution is -2.37. The number of nitrogens with one attached hydrogen (secondary N) is 2. The summed E-state index contributed by atoms with van der Waals surface area (Å²) in [6.07, 6.45) is 0. The topological polar surface area (TPSA) is 58.2 Å². The number of amides is 2. The molecule has 0 aliphatic carbocycles. The minimum Gasteiger partial charge on any atom is -0.350 e. The molecule has 4 nitrogen and oxygen atoms in total. The average Bonchev–Trinajstić information content (AvgIpc) is 2.34. The van der Waals surface area contributed by atoms with E-state index in [2.05, 4.69) is 33.1 Å². The number of rotatable bonds is 5. The third-order valence-corrected chi connectivity index (χ3v) is 2.53. The van der Waals surface area contributed by atoms with Crippen molar-refractivity contribution in [2.24, 2.45) is 0 Å². The van der Waals surface area contributed by atoms with E-state index in [-0.39, 0.29) is 18.4 Å². The molecule has 0 fully saturated rings. The molecule has 0 aliphatic rings. The van der Waals surface area contributed by atoms with Crippen LogP contribution in [0, 0.1) is 0 Å². The second-order valence-electron chi connectivity index (χ2n) is 3.48. The fourth-order valence-electron chi connectivity index (χ4n) is 1.12. The van der Waals surface area contributed by atoms with Gasteiger partial charge >= 0.3 is 0 Å². The Morgan fingerprint density at radius 1 is 1.17 bits per heavy atom. The van der Waals surface area contributed by atoms with Crippen molar-refractivity contribution in [2.75, 3.05) is 13.1 Å². The van der Waals surface area contributed by atoms with Gasteiger partial charge in [-0.1, -0.05) is 34.1 Å². The fourth-order valence-corrected chi connectivity index (χ4v) is 1.39. The Labute approximate surface area is 119 Å². The monoisotopic (exact) mass is 330 g/mol. The van der Waals surface area contributed by atoms with Gasteiger partial charge in [0, 0.05) is 21.6 Å². The summed E-state index contributed by atoms with van der Waals surface area (Å²) in [5.74, 6) is -0.600. The van der Waals surface area contributed by atoms with Gasteiger partial charge < -0.3 is 10.6 Å². The minimum atomic E-state index is -0.320. The highest BCUT2D eigenvalue weighted by molar-refractivity contribution is 9.11. The normalized spacial score (nSPS) is 9.67. The van der Waals surface area contributed by atoms with Gasteiger partial charge in [0.05, 0.1) is 6.54 Å². The number of carbonyl (C=O) groups excluding carboxylic acids is 2. The van der Waals surface area contributed by atoms with Crippen molar-refractivity contribution < 1.29 is 9.59 Å².